The fourth-order valence-corrected chi connectivity index (χ4v) is 2.21. The van der Waals surface area contributed by atoms with Crippen LogP contribution in [-0.4, -0.2) is 9.97 Å². The second-order valence-corrected chi connectivity index (χ2v) is 5.10. The Bertz CT molecular complexity index is 593. The monoisotopic (exact) mass is 342 g/mol. The van der Waals surface area contributed by atoms with E-state index in [0.29, 0.717) is 10.3 Å². The topological polar surface area (TPSA) is 45.8 Å². The summed E-state index contributed by atoms with van der Waals surface area (Å²) in [5.41, 5.74) is 1.84. The number of nitrogens with one attached hydrogen (secondary N) is 1. The summed E-state index contributed by atoms with van der Waals surface area (Å²) in [6.45, 7) is 2.01. The van der Waals surface area contributed by atoms with Crippen LogP contribution in [-0.2, 0) is 0 Å². The lowest BCUT2D eigenvalue weighted by Crippen LogP contribution is -2.09. The average molecular weight is 344 g/mol. The van der Waals surface area contributed by atoms with Crippen LogP contribution < -0.4 is 5.56 Å². The Hall–Kier alpha value is -0.940. The molecule has 0 radical (unpaired) electrons. The van der Waals surface area contributed by atoms with Gasteiger partial charge in [0.25, 0.3) is 5.56 Å². The highest BCUT2D eigenvalue weighted by molar-refractivity contribution is 9.10. The molecule has 0 aliphatic rings. The molecular weight excluding hydrogens is 336 g/mol. The molecule has 2 rings (SSSR count). The molecule has 2 aromatic rings. The Labute approximate surface area is 109 Å². The number of halogens is 2. The molecule has 16 heavy (non-hydrogen) atoms. The molecule has 1 heterocycles. The van der Waals surface area contributed by atoms with Gasteiger partial charge in [-0.2, -0.15) is 0 Å². The molecule has 0 bridgehead atoms. The first kappa shape index (κ1) is 11.5. The molecule has 1 aromatic heterocycles. The second-order valence-electron chi connectivity index (χ2n) is 3.39. The smallest absolute Gasteiger partial charge is 0.265 e. The number of H-pyrrole nitrogens is 1. The molecule has 3 nitrogen and oxygen atoms in total. The molecule has 1 aromatic carbocycles. The summed E-state index contributed by atoms with van der Waals surface area (Å²) < 4.78 is 1.34. The average Bonchev–Trinajstić information content (AvgIpc) is 2.22. The van der Waals surface area contributed by atoms with Crippen molar-refractivity contribution in [3.63, 3.8) is 0 Å². The molecule has 0 saturated carbocycles. The van der Waals surface area contributed by atoms with Gasteiger partial charge in [0.15, 0.2) is 0 Å². The fourth-order valence-electron chi connectivity index (χ4n) is 1.33. The van der Waals surface area contributed by atoms with Crippen LogP contribution in [0.3, 0.4) is 0 Å². The number of rotatable bonds is 1. The maximum absolute atomic E-state index is 11.4. The minimum atomic E-state index is -0.183. The number of hydrogen-bond donors (Lipinski definition) is 1. The van der Waals surface area contributed by atoms with Gasteiger partial charge < -0.3 is 4.98 Å². The zero-order chi connectivity index (χ0) is 11.7. The van der Waals surface area contributed by atoms with Crippen LogP contribution in [0.5, 0.6) is 0 Å². The lowest BCUT2D eigenvalue weighted by atomic mass is 10.1. The SMILES string of the molecule is Cc1ccc(-c2ncc(Br)c(=O)[nH]2)c(Br)c1. The third-order valence-corrected chi connectivity index (χ3v) is 3.36. The Morgan fingerprint density at radius 1 is 1.25 bits per heavy atom. The molecule has 0 aliphatic carbocycles. The lowest BCUT2D eigenvalue weighted by molar-refractivity contribution is 1.11. The van der Waals surface area contributed by atoms with Crippen molar-refractivity contribution in [1.82, 2.24) is 9.97 Å². The first-order chi connectivity index (χ1) is 7.58. The van der Waals surface area contributed by atoms with Gasteiger partial charge in [0.05, 0.1) is 0 Å². The van der Waals surface area contributed by atoms with Crippen molar-refractivity contribution in [2.45, 2.75) is 6.92 Å². The van der Waals surface area contributed by atoms with Crippen LogP contribution in [0.15, 0.2) is 38.1 Å². The van der Waals surface area contributed by atoms with Gasteiger partial charge in [-0.25, -0.2) is 4.98 Å². The quantitative estimate of drug-likeness (QED) is 0.863. The van der Waals surface area contributed by atoms with E-state index < -0.39 is 0 Å². The van der Waals surface area contributed by atoms with E-state index in [2.05, 4.69) is 41.8 Å². The number of aromatic nitrogens is 2. The summed E-state index contributed by atoms with van der Waals surface area (Å²) in [5.74, 6) is 0.556. The van der Waals surface area contributed by atoms with Gasteiger partial charge in [-0.3, -0.25) is 4.79 Å². The lowest BCUT2D eigenvalue weighted by Gasteiger charge is -2.04. The number of aryl methyl sites for hydroxylation is 1. The first-order valence-corrected chi connectivity index (χ1v) is 6.18. The van der Waals surface area contributed by atoms with E-state index in [-0.39, 0.29) is 5.56 Å². The largest absolute Gasteiger partial charge is 0.306 e. The van der Waals surface area contributed by atoms with E-state index >= 15 is 0 Å². The predicted octanol–water partition coefficient (Wildman–Crippen LogP) is 3.27. The van der Waals surface area contributed by atoms with Crippen molar-refractivity contribution in [2.24, 2.45) is 0 Å². The van der Waals surface area contributed by atoms with Crippen molar-refractivity contribution in [1.29, 1.82) is 0 Å². The van der Waals surface area contributed by atoms with Crippen LogP contribution >= 0.6 is 31.9 Å². The maximum Gasteiger partial charge on any atom is 0.265 e. The van der Waals surface area contributed by atoms with E-state index in [9.17, 15) is 4.79 Å². The highest BCUT2D eigenvalue weighted by Gasteiger charge is 2.06. The fraction of sp³-hybridized carbons (Fsp3) is 0.0909. The van der Waals surface area contributed by atoms with Crippen molar-refractivity contribution >= 4 is 31.9 Å². The Balaban J connectivity index is 2.59. The van der Waals surface area contributed by atoms with Crippen molar-refractivity contribution in [3.05, 3.63) is 49.3 Å². The summed E-state index contributed by atoms with van der Waals surface area (Å²) in [6, 6.07) is 5.88. The van der Waals surface area contributed by atoms with Gasteiger partial charge in [0.2, 0.25) is 0 Å². The molecule has 82 valence electrons. The van der Waals surface area contributed by atoms with Crippen LogP contribution in [0.4, 0.5) is 0 Å². The number of hydrogen-bond acceptors (Lipinski definition) is 2. The van der Waals surface area contributed by atoms with Crippen LogP contribution in [0, 0.1) is 6.92 Å². The molecule has 0 atom stereocenters. The molecule has 1 N–H and O–H groups in total. The molecular formula is C11H8Br2N2O. The summed E-state index contributed by atoms with van der Waals surface area (Å²) >= 11 is 6.57. The standard InChI is InChI=1S/C11H8Br2N2O/c1-6-2-3-7(8(12)4-6)10-14-5-9(13)11(16)15-10/h2-5H,1H3,(H,14,15,16). The number of aromatic amines is 1. The van der Waals surface area contributed by atoms with Crippen LogP contribution in [0.1, 0.15) is 5.56 Å². The Morgan fingerprint density at radius 2 is 2.00 bits per heavy atom. The van der Waals surface area contributed by atoms with Gasteiger partial charge >= 0.3 is 0 Å². The highest BCUT2D eigenvalue weighted by Crippen LogP contribution is 2.25. The van der Waals surface area contributed by atoms with Crippen LogP contribution in [0.25, 0.3) is 11.4 Å². The van der Waals surface area contributed by atoms with E-state index in [1.54, 1.807) is 0 Å². The third kappa shape index (κ3) is 2.25. The Kier molecular flexibility index (Phi) is 3.25. The molecule has 0 unspecified atom stereocenters. The second kappa shape index (κ2) is 4.51. The number of benzene rings is 1. The van der Waals surface area contributed by atoms with E-state index in [0.717, 1.165) is 15.6 Å². The van der Waals surface area contributed by atoms with Crippen molar-refractivity contribution < 1.29 is 0 Å². The summed E-state index contributed by atoms with van der Waals surface area (Å²) in [7, 11) is 0. The minimum absolute atomic E-state index is 0.183. The van der Waals surface area contributed by atoms with Crippen molar-refractivity contribution in [2.75, 3.05) is 0 Å². The highest BCUT2D eigenvalue weighted by atomic mass is 79.9. The molecule has 0 amide bonds. The Morgan fingerprint density at radius 3 is 2.62 bits per heavy atom. The number of nitrogens with zero attached hydrogens (tertiary/aromatic N) is 1. The summed E-state index contributed by atoms with van der Waals surface area (Å²) in [6.07, 6.45) is 1.50. The third-order valence-electron chi connectivity index (χ3n) is 2.14. The zero-order valence-electron chi connectivity index (χ0n) is 8.42. The van der Waals surface area contributed by atoms with Gasteiger partial charge in [0.1, 0.15) is 10.3 Å². The van der Waals surface area contributed by atoms with Crippen LogP contribution in [0.2, 0.25) is 0 Å². The summed E-state index contributed by atoms with van der Waals surface area (Å²) in [5, 5.41) is 0. The maximum atomic E-state index is 11.4. The molecule has 0 saturated heterocycles. The predicted molar refractivity (Wildman–Crippen MR) is 70.4 cm³/mol. The molecule has 0 spiro atoms. The summed E-state index contributed by atoms with van der Waals surface area (Å²) in [4.78, 5) is 18.3. The van der Waals surface area contributed by atoms with E-state index in [1.165, 1.54) is 6.20 Å². The zero-order valence-corrected chi connectivity index (χ0v) is 11.6. The first-order valence-electron chi connectivity index (χ1n) is 4.59. The molecule has 5 heteroatoms. The minimum Gasteiger partial charge on any atom is -0.306 e. The van der Waals surface area contributed by atoms with Gasteiger partial charge in [0, 0.05) is 16.2 Å². The van der Waals surface area contributed by atoms with Crippen molar-refractivity contribution in [3.8, 4) is 11.4 Å². The van der Waals surface area contributed by atoms with E-state index in [1.807, 2.05) is 25.1 Å². The van der Waals surface area contributed by atoms with Gasteiger partial charge in [-0.1, -0.05) is 22.0 Å². The van der Waals surface area contributed by atoms with E-state index in [4.69, 9.17) is 0 Å². The van der Waals surface area contributed by atoms with Gasteiger partial charge in [-0.15, -0.1) is 0 Å². The molecule has 0 aliphatic heterocycles. The molecule has 0 fully saturated rings. The van der Waals surface area contributed by atoms with Gasteiger partial charge in [-0.05, 0) is 40.5 Å². The normalized spacial score (nSPS) is 10.4.